The maximum atomic E-state index is 12.7. The van der Waals surface area contributed by atoms with Gasteiger partial charge >= 0.3 is 0 Å². The minimum Gasteiger partial charge on any atom is -0.454 e. The Bertz CT molecular complexity index is 899. The molecular formula is C19H20ClN3O4. The molecule has 0 bridgehead atoms. The lowest BCUT2D eigenvalue weighted by Gasteiger charge is -2.12. The summed E-state index contributed by atoms with van der Waals surface area (Å²) in [4.78, 5) is 24.6. The second-order valence-electron chi connectivity index (χ2n) is 6.59. The Morgan fingerprint density at radius 3 is 2.56 bits per heavy atom. The monoisotopic (exact) mass is 389 g/mol. The van der Waals surface area contributed by atoms with Gasteiger partial charge in [-0.2, -0.15) is 0 Å². The summed E-state index contributed by atoms with van der Waals surface area (Å²) in [5.74, 6) is 0.678. The molecule has 0 spiro atoms. The van der Waals surface area contributed by atoms with Crippen LogP contribution in [-0.2, 0) is 4.79 Å². The standard InChI is InChI=1S/C19H20ClN3O4/c1-10(2)5-18(24)22-11-3-4-13(20)12(6-11)19(25)23-15-8-17-16(7-14(15)21)26-9-27-17/h3-4,6-8,10H,5,9,21H2,1-2H3,(H,22,24)(H,23,25). The largest absolute Gasteiger partial charge is 0.454 e. The van der Waals surface area contributed by atoms with Gasteiger partial charge in [-0.1, -0.05) is 25.4 Å². The van der Waals surface area contributed by atoms with Crippen LogP contribution < -0.4 is 25.8 Å². The molecule has 0 saturated carbocycles. The maximum absolute atomic E-state index is 12.7. The average Bonchev–Trinajstić information content (AvgIpc) is 3.03. The van der Waals surface area contributed by atoms with Crippen molar-refractivity contribution in [1.82, 2.24) is 0 Å². The van der Waals surface area contributed by atoms with E-state index in [1.165, 1.54) is 6.07 Å². The first-order valence-corrected chi connectivity index (χ1v) is 8.81. The van der Waals surface area contributed by atoms with Crippen LogP contribution in [0.3, 0.4) is 0 Å². The minimum atomic E-state index is -0.453. The van der Waals surface area contributed by atoms with Crippen molar-refractivity contribution >= 4 is 40.5 Å². The van der Waals surface area contributed by atoms with Crippen molar-refractivity contribution in [2.75, 3.05) is 23.2 Å². The van der Waals surface area contributed by atoms with Crippen LogP contribution in [0.2, 0.25) is 5.02 Å². The minimum absolute atomic E-state index is 0.107. The molecule has 0 aliphatic carbocycles. The molecule has 0 aromatic heterocycles. The van der Waals surface area contributed by atoms with Crippen molar-refractivity contribution in [3.05, 3.63) is 40.9 Å². The highest BCUT2D eigenvalue weighted by molar-refractivity contribution is 6.34. The molecule has 3 rings (SSSR count). The number of carbonyl (C=O) groups excluding carboxylic acids is 2. The van der Waals surface area contributed by atoms with Gasteiger partial charge in [-0.25, -0.2) is 0 Å². The van der Waals surface area contributed by atoms with Crippen LogP contribution in [0, 0.1) is 5.92 Å². The third-order valence-corrected chi connectivity index (χ3v) is 4.21. The second-order valence-corrected chi connectivity index (χ2v) is 6.99. The smallest absolute Gasteiger partial charge is 0.257 e. The normalized spacial score (nSPS) is 12.1. The molecule has 0 radical (unpaired) electrons. The third kappa shape index (κ3) is 4.43. The molecule has 1 aliphatic rings. The molecule has 0 saturated heterocycles. The summed E-state index contributed by atoms with van der Waals surface area (Å²) in [5, 5.41) is 5.74. The molecule has 27 heavy (non-hydrogen) atoms. The number of carbonyl (C=O) groups is 2. The molecule has 2 amide bonds. The van der Waals surface area contributed by atoms with Gasteiger partial charge in [0.25, 0.3) is 5.91 Å². The predicted molar refractivity (Wildman–Crippen MR) is 104 cm³/mol. The summed E-state index contributed by atoms with van der Waals surface area (Å²) >= 11 is 6.16. The Morgan fingerprint density at radius 2 is 1.85 bits per heavy atom. The van der Waals surface area contributed by atoms with E-state index in [2.05, 4.69) is 10.6 Å². The molecule has 0 atom stereocenters. The van der Waals surface area contributed by atoms with Crippen LogP contribution in [0.15, 0.2) is 30.3 Å². The topological polar surface area (TPSA) is 103 Å². The highest BCUT2D eigenvalue weighted by Gasteiger charge is 2.19. The van der Waals surface area contributed by atoms with Gasteiger partial charge in [0.15, 0.2) is 11.5 Å². The average molecular weight is 390 g/mol. The molecule has 142 valence electrons. The van der Waals surface area contributed by atoms with Crippen LogP contribution in [0.1, 0.15) is 30.6 Å². The van der Waals surface area contributed by atoms with Crippen LogP contribution in [-0.4, -0.2) is 18.6 Å². The molecule has 1 aliphatic heterocycles. The molecule has 0 unspecified atom stereocenters. The molecule has 8 heteroatoms. The number of anilines is 3. The molecule has 2 aromatic rings. The van der Waals surface area contributed by atoms with Crippen LogP contribution in [0.5, 0.6) is 11.5 Å². The number of fused-ring (bicyclic) bond motifs is 1. The zero-order valence-corrected chi connectivity index (χ0v) is 15.7. The van der Waals surface area contributed by atoms with E-state index in [-0.39, 0.29) is 29.2 Å². The van der Waals surface area contributed by atoms with E-state index in [0.29, 0.717) is 35.0 Å². The Balaban J connectivity index is 1.78. The van der Waals surface area contributed by atoms with Gasteiger partial charge in [0.1, 0.15) is 0 Å². The van der Waals surface area contributed by atoms with E-state index >= 15 is 0 Å². The first kappa shape index (κ1) is 18.8. The van der Waals surface area contributed by atoms with Crippen molar-refractivity contribution in [2.45, 2.75) is 20.3 Å². The fourth-order valence-electron chi connectivity index (χ4n) is 2.62. The van der Waals surface area contributed by atoms with E-state index in [4.69, 9.17) is 26.8 Å². The molecule has 7 nitrogen and oxygen atoms in total. The highest BCUT2D eigenvalue weighted by Crippen LogP contribution is 2.38. The lowest BCUT2D eigenvalue weighted by molar-refractivity contribution is -0.116. The number of halogens is 1. The molecular weight excluding hydrogens is 370 g/mol. The van der Waals surface area contributed by atoms with Gasteiger partial charge in [0.05, 0.1) is 22.0 Å². The molecule has 1 heterocycles. The first-order chi connectivity index (χ1) is 12.8. The molecule has 2 aromatic carbocycles. The van der Waals surface area contributed by atoms with E-state index < -0.39 is 5.91 Å². The number of benzene rings is 2. The van der Waals surface area contributed by atoms with Crippen molar-refractivity contribution in [3.8, 4) is 11.5 Å². The van der Waals surface area contributed by atoms with Gasteiger partial charge in [-0.15, -0.1) is 0 Å². The predicted octanol–water partition coefficient (Wildman–Crippen LogP) is 3.89. The second kappa shape index (κ2) is 7.75. The van der Waals surface area contributed by atoms with E-state index in [1.54, 1.807) is 24.3 Å². The molecule has 4 N–H and O–H groups in total. The van der Waals surface area contributed by atoms with Gasteiger partial charge in [-0.3, -0.25) is 9.59 Å². The van der Waals surface area contributed by atoms with Gasteiger partial charge in [-0.05, 0) is 24.1 Å². The summed E-state index contributed by atoms with van der Waals surface area (Å²) in [6, 6.07) is 7.91. The van der Waals surface area contributed by atoms with Crippen molar-refractivity contribution < 1.29 is 19.1 Å². The quantitative estimate of drug-likeness (QED) is 0.673. The van der Waals surface area contributed by atoms with Crippen LogP contribution >= 0.6 is 11.6 Å². The van der Waals surface area contributed by atoms with Crippen LogP contribution in [0.25, 0.3) is 0 Å². The van der Waals surface area contributed by atoms with Crippen molar-refractivity contribution in [3.63, 3.8) is 0 Å². The Kier molecular flexibility index (Phi) is 5.41. The van der Waals surface area contributed by atoms with Gasteiger partial charge in [0.2, 0.25) is 12.7 Å². The Hall–Kier alpha value is -2.93. The lowest BCUT2D eigenvalue weighted by Crippen LogP contribution is -2.16. The molecule has 0 fully saturated rings. The fraction of sp³-hybridized carbons (Fsp3) is 0.263. The van der Waals surface area contributed by atoms with Crippen molar-refractivity contribution in [2.24, 2.45) is 5.92 Å². The SMILES string of the molecule is CC(C)CC(=O)Nc1ccc(Cl)c(C(=O)Nc2cc3c(cc2N)OCO3)c1. The summed E-state index contributed by atoms with van der Waals surface area (Å²) in [6.45, 7) is 4.02. The number of ether oxygens (including phenoxy) is 2. The number of nitrogens with two attached hydrogens (primary N) is 1. The van der Waals surface area contributed by atoms with Gasteiger partial charge < -0.3 is 25.8 Å². The summed E-state index contributed by atoms with van der Waals surface area (Å²) in [7, 11) is 0. The van der Waals surface area contributed by atoms with Crippen molar-refractivity contribution in [1.29, 1.82) is 0 Å². The number of amides is 2. The van der Waals surface area contributed by atoms with E-state index in [9.17, 15) is 9.59 Å². The lowest BCUT2D eigenvalue weighted by atomic mass is 10.1. The summed E-state index contributed by atoms with van der Waals surface area (Å²) in [5.41, 5.74) is 7.39. The fourth-order valence-corrected chi connectivity index (χ4v) is 2.82. The number of hydrogen-bond donors (Lipinski definition) is 3. The Labute approximate surface area is 161 Å². The first-order valence-electron chi connectivity index (χ1n) is 8.43. The zero-order valence-electron chi connectivity index (χ0n) is 15.0. The third-order valence-electron chi connectivity index (χ3n) is 3.88. The van der Waals surface area contributed by atoms with E-state index in [0.717, 1.165) is 0 Å². The Morgan fingerprint density at radius 1 is 1.15 bits per heavy atom. The number of nitrogens with one attached hydrogen (secondary N) is 2. The number of rotatable bonds is 5. The number of hydrogen-bond acceptors (Lipinski definition) is 5. The highest BCUT2D eigenvalue weighted by atomic mass is 35.5. The summed E-state index contributed by atoms with van der Waals surface area (Å²) < 4.78 is 10.5. The van der Waals surface area contributed by atoms with Gasteiger partial charge in [0, 0.05) is 24.2 Å². The summed E-state index contributed by atoms with van der Waals surface area (Å²) in [6.07, 6.45) is 0.387. The number of nitrogen functional groups attached to an aromatic ring is 1. The van der Waals surface area contributed by atoms with E-state index in [1.807, 2.05) is 13.8 Å². The van der Waals surface area contributed by atoms with Crippen LogP contribution in [0.4, 0.5) is 17.1 Å². The maximum Gasteiger partial charge on any atom is 0.257 e. The zero-order chi connectivity index (χ0) is 19.6.